The number of primary amides is 1. The molecule has 0 fully saturated rings. The molecule has 0 unspecified atom stereocenters. The van der Waals surface area contributed by atoms with Crippen LogP contribution in [0.2, 0.25) is 0 Å². The van der Waals surface area contributed by atoms with Crippen LogP contribution in [0.5, 0.6) is 0 Å². The molecule has 1 aromatic rings. The van der Waals surface area contributed by atoms with Gasteiger partial charge in [0, 0.05) is 24.3 Å². The van der Waals surface area contributed by atoms with Crippen LogP contribution in [-0.4, -0.2) is 36.1 Å². The second-order valence-electron chi connectivity index (χ2n) is 4.69. The molecule has 0 aliphatic carbocycles. The van der Waals surface area contributed by atoms with Crippen LogP contribution in [0.25, 0.3) is 0 Å². The van der Waals surface area contributed by atoms with Gasteiger partial charge in [0.1, 0.15) is 5.82 Å². The summed E-state index contributed by atoms with van der Waals surface area (Å²) in [6.45, 7) is 1.46. The zero-order valence-electron chi connectivity index (χ0n) is 11.2. The fourth-order valence-electron chi connectivity index (χ4n) is 1.89. The van der Waals surface area contributed by atoms with Crippen LogP contribution in [0, 0.1) is 5.82 Å². The zero-order valence-corrected chi connectivity index (χ0v) is 11.2. The lowest BCUT2D eigenvalue weighted by molar-refractivity contribution is 0.1000. The lowest BCUT2D eigenvalue weighted by Crippen LogP contribution is -2.20. The Kier molecular flexibility index (Phi) is 6.45. The molecule has 0 atom stereocenters. The van der Waals surface area contributed by atoms with Gasteiger partial charge in [0.25, 0.3) is 0 Å². The minimum atomic E-state index is -0.549. The number of hydrogen-bond donors (Lipinski definition) is 2. The number of aliphatic hydroxyl groups excluding tert-OH is 1. The maximum atomic E-state index is 13.6. The zero-order chi connectivity index (χ0) is 14.3. The third-order valence-corrected chi connectivity index (χ3v) is 2.97. The average molecular weight is 268 g/mol. The van der Waals surface area contributed by atoms with Gasteiger partial charge < -0.3 is 15.7 Å². The van der Waals surface area contributed by atoms with E-state index in [2.05, 4.69) is 0 Å². The molecule has 1 amide bonds. The van der Waals surface area contributed by atoms with E-state index in [1.165, 1.54) is 18.2 Å². The Morgan fingerprint density at radius 1 is 1.37 bits per heavy atom. The van der Waals surface area contributed by atoms with Crippen molar-refractivity contribution in [1.82, 2.24) is 4.90 Å². The molecule has 19 heavy (non-hydrogen) atoms. The number of hydrogen-bond acceptors (Lipinski definition) is 3. The number of amides is 1. The SMILES string of the molecule is CN(CCCCCO)Cc1cc(C(N)=O)ccc1F. The van der Waals surface area contributed by atoms with E-state index >= 15 is 0 Å². The van der Waals surface area contributed by atoms with Gasteiger partial charge in [-0.1, -0.05) is 0 Å². The minimum Gasteiger partial charge on any atom is -0.396 e. The van der Waals surface area contributed by atoms with Crippen molar-refractivity contribution in [1.29, 1.82) is 0 Å². The highest BCUT2D eigenvalue weighted by Crippen LogP contribution is 2.13. The number of nitrogens with zero attached hydrogens (tertiary/aromatic N) is 1. The van der Waals surface area contributed by atoms with Gasteiger partial charge in [-0.2, -0.15) is 0 Å². The van der Waals surface area contributed by atoms with E-state index in [1.807, 2.05) is 11.9 Å². The maximum Gasteiger partial charge on any atom is 0.248 e. The Hall–Kier alpha value is -1.46. The molecule has 0 aliphatic heterocycles. The third kappa shape index (κ3) is 5.36. The Bertz CT molecular complexity index is 424. The molecular weight excluding hydrogens is 247 g/mol. The molecule has 1 rings (SSSR count). The van der Waals surface area contributed by atoms with Crippen LogP contribution in [0.3, 0.4) is 0 Å². The van der Waals surface area contributed by atoms with Crippen molar-refractivity contribution in [2.75, 3.05) is 20.2 Å². The number of halogens is 1. The Balaban J connectivity index is 2.55. The van der Waals surface area contributed by atoms with E-state index in [-0.39, 0.29) is 12.4 Å². The maximum absolute atomic E-state index is 13.6. The van der Waals surface area contributed by atoms with Crippen LogP contribution in [0.15, 0.2) is 18.2 Å². The summed E-state index contributed by atoms with van der Waals surface area (Å²) in [6.07, 6.45) is 2.69. The van der Waals surface area contributed by atoms with Gasteiger partial charge in [0.2, 0.25) is 5.91 Å². The largest absolute Gasteiger partial charge is 0.396 e. The van der Waals surface area contributed by atoms with Crippen LogP contribution in [0.1, 0.15) is 35.2 Å². The summed E-state index contributed by atoms with van der Waals surface area (Å²) < 4.78 is 13.6. The summed E-state index contributed by atoms with van der Waals surface area (Å²) in [5.74, 6) is -0.876. The molecule has 0 radical (unpaired) electrons. The van der Waals surface area contributed by atoms with E-state index < -0.39 is 5.91 Å². The van der Waals surface area contributed by atoms with Crippen molar-refractivity contribution >= 4 is 5.91 Å². The quantitative estimate of drug-likeness (QED) is 0.702. The predicted molar refractivity (Wildman–Crippen MR) is 72.2 cm³/mol. The normalized spacial score (nSPS) is 10.9. The molecule has 0 bridgehead atoms. The van der Waals surface area contributed by atoms with Gasteiger partial charge in [-0.3, -0.25) is 4.79 Å². The van der Waals surface area contributed by atoms with Crippen molar-refractivity contribution in [3.8, 4) is 0 Å². The molecule has 0 saturated carbocycles. The van der Waals surface area contributed by atoms with Gasteiger partial charge >= 0.3 is 0 Å². The monoisotopic (exact) mass is 268 g/mol. The smallest absolute Gasteiger partial charge is 0.248 e. The van der Waals surface area contributed by atoms with E-state index in [4.69, 9.17) is 10.8 Å². The van der Waals surface area contributed by atoms with Gasteiger partial charge in [-0.15, -0.1) is 0 Å². The lowest BCUT2D eigenvalue weighted by Gasteiger charge is -2.17. The number of carbonyl (C=O) groups excluding carboxylic acids is 1. The lowest BCUT2D eigenvalue weighted by atomic mass is 10.1. The third-order valence-electron chi connectivity index (χ3n) is 2.97. The van der Waals surface area contributed by atoms with Crippen LogP contribution in [-0.2, 0) is 6.54 Å². The van der Waals surface area contributed by atoms with Crippen molar-refractivity contribution in [3.05, 3.63) is 35.1 Å². The molecule has 1 aromatic carbocycles. The molecule has 0 aliphatic rings. The molecule has 0 spiro atoms. The number of rotatable bonds is 8. The Morgan fingerprint density at radius 3 is 2.74 bits per heavy atom. The number of nitrogens with two attached hydrogens (primary N) is 1. The topological polar surface area (TPSA) is 66.6 Å². The molecule has 3 N–H and O–H groups in total. The minimum absolute atomic E-state index is 0.207. The van der Waals surface area contributed by atoms with Crippen molar-refractivity contribution < 1.29 is 14.3 Å². The second kappa shape index (κ2) is 7.86. The van der Waals surface area contributed by atoms with Gasteiger partial charge in [-0.05, 0) is 51.1 Å². The van der Waals surface area contributed by atoms with Crippen LogP contribution in [0.4, 0.5) is 4.39 Å². The highest BCUT2D eigenvalue weighted by Gasteiger charge is 2.09. The molecule has 5 heteroatoms. The van der Waals surface area contributed by atoms with Crippen LogP contribution >= 0.6 is 0 Å². The van der Waals surface area contributed by atoms with E-state index in [1.54, 1.807) is 0 Å². The van der Waals surface area contributed by atoms with Gasteiger partial charge in [-0.25, -0.2) is 4.39 Å². The van der Waals surface area contributed by atoms with E-state index in [9.17, 15) is 9.18 Å². The summed E-state index contributed by atoms with van der Waals surface area (Å²) >= 11 is 0. The summed E-state index contributed by atoms with van der Waals surface area (Å²) in [5, 5.41) is 8.68. The fraction of sp³-hybridized carbons (Fsp3) is 0.500. The predicted octanol–water partition coefficient (Wildman–Crippen LogP) is 1.52. The number of aliphatic hydroxyl groups is 1. The Morgan fingerprint density at radius 2 is 2.11 bits per heavy atom. The molecule has 0 heterocycles. The number of benzene rings is 1. The summed E-state index contributed by atoms with van der Waals surface area (Å²) in [6, 6.07) is 4.17. The summed E-state index contributed by atoms with van der Waals surface area (Å²) in [7, 11) is 1.90. The first-order valence-electron chi connectivity index (χ1n) is 6.42. The van der Waals surface area contributed by atoms with E-state index in [0.717, 1.165) is 25.8 Å². The molecule has 0 aromatic heterocycles. The number of carbonyl (C=O) groups is 1. The van der Waals surface area contributed by atoms with E-state index in [0.29, 0.717) is 17.7 Å². The molecular formula is C14H21FN2O2. The first-order valence-corrected chi connectivity index (χ1v) is 6.42. The highest BCUT2D eigenvalue weighted by atomic mass is 19.1. The first kappa shape index (κ1) is 15.6. The standard InChI is InChI=1S/C14H21FN2O2/c1-17(7-3-2-4-8-18)10-12-9-11(14(16)19)5-6-13(12)15/h5-6,9,18H,2-4,7-8,10H2,1H3,(H2,16,19). The van der Waals surface area contributed by atoms with Crippen molar-refractivity contribution in [2.45, 2.75) is 25.8 Å². The van der Waals surface area contributed by atoms with Crippen molar-refractivity contribution in [2.24, 2.45) is 5.73 Å². The van der Waals surface area contributed by atoms with Crippen molar-refractivity contribution in [3.63, 3.8) is 0 Å². The number of unbranched alkanes of at least 4 members (excludes halogenated alkanes) is 2. The molecule has 106 valence electrons. The van der Waals surface area contributed by atoms with Gasteiger partial charge in [0.15, 0.2) is 0 Å². The summed E-state index contributed by atoms with van der Waals surface area (Å²) in [5.41, 5.74) is 5.98. The fourth-order valence-corrected chi connectivity index (χ4v) is 1.89. The second-order valence-corrected chi connectivity index (χ2v) is 4.69. The van der Waals surface area contributed by atoms with Gasteiger partial charge in [0.05, 0.1) is 0 Å². The molecule has 0 saturated heterocycles. The molecule has 4 nitrogen and oxygen atoms in total. The highest BCUT2D eigenvalue weighted by molar-refractivity contribution is 5.92. The summed E-state index contributed by atoms with van der Waals surface area (Å²) in [4.78, 5) is 13.0. The Labute approximate surface area is 113 Å². The first-order chi connectivity index (χ1) is 9.04. The van der Waals surface area contributed by atoms with Crippen LogP contribution < -0.4 is 5.73 Å². The average Bonchev–Trinajstić information content (AvgIpc) is 2.37.